The number of thiophene rings is 1. The molecule has 0 bridgehead atoms. The van der Waals surface area contributed by atoms with E-state index in [2.05, 4.69) is 28.5 Å². The Kier molecular flexibility index (Phi) is 3.04. The predicted octanol–water partition coefficient (Wildman–Crippen LogP) is 3.77. The molecule has 2 nitrogen and oxygen atoms in total. The predicted molar refractivity (Wildman–Crippen MR) is 85.0 cm³/mol. The lowest BCUT2D eigenvalue weighted by molar-refractivity contribution is 0.163. The van der Waals surface area contributed by atoms with E-state index in [1.54, 1.807) is 10.4 Å². The Labute approximate surface area is 124 Å². The number of aryl methyl sites for hydroxylation is 1. The SMILES string of the molecule is Nc1cccc2c1CN(C1CCCc3sccc31)CC2. The van der Waals surface area contributed by atoms with Crippen molar-refractivity contribution in [2.45, 2.75) is 38.3 Å². The summed E-state index contributed by atoms with van der Waals surface area (Å²) in [5, 5.41) is 2.26. The van der Waals surface area contributed by atoms with Gasteiger partial charge < -0.3 is 5.73 Å². The molecule has 2 aromatic rings. The van der Waals surface area contributed by atoms with Gasteiger partial charge in [-0.3, -0.25) is 4.90 Å². The molecule has 1 unspecified atom stereocenters. The summed E-state index contributed by atoms with van der Waals surface area (Å²) in [5.74, 6) is 0. The Balaban J connectivity index is 1.65. The van der Waals surface area contributed by atoms with Gasteiger partial charge in [0.2, 0.25) is 0 Å². The maximum atomic E-state index is 6.18. The van der Waals surface area contributed by atoms with Crippen LogP contribution in [0.3, 0.4) is 0 Å². The molecule has 1 aliphatic heterocycles. The largest absolute Gasteiger partial charge is 0.398 e. The van der Waals surface area contributed by atoms with Crippen molar-refractivity contribution < 1.29 is 0 Å². The third-order valence-corrected chi connectivity index (χ3v) is 5.80. The van der Waals surface area contributed by atoms with Crippen LogP contribution in [0.2, 0.25) is 0 Å². The van der Waals surface area contributed by atoms with Crippen molar-refractivity contribution in [2.75, 3.05) is 12.3 Å². The number of hydrogen-bond acceptors (Lipinski definition) is 3. The minimum absolute atomic E-state index is 0.609. The lowest BCUT2D eigenvalue weighted by Crippen LogP contribution is -2.35. The van der Waals surface area contributed by atoms with Crippen molar-refractivity contribution in [3.63, 3.8) is 0 Å². The standard InChI is InChI=1S/C17H20N2S/c18-15-4-1-3-12-7-9-19(11-14(12)15)16-5-2-6-17-13(16)8-10-20-17/h1,3-4,8,10,16H,2,5-7,9,11,18H2. The van der Waals surface area contributed by atoms with Crippen molar-refractivity contribution in [3.05, 3.63) is 51.2 Å². The second kappa shape index (κ2) is 4.90. The zero-order valence-electron chi connectivity index (χ0n) is 11.6. The molecule has 3 heteroatoms. The highest BCUT2D eigenvalue weighted by Gasteiger charge is 2.29. The minimum Gasteiger partial charge on any atom is -0.398 e. The molecule has 0 amide bonds. The quantitative estimate of drug-likeness (QED) is 0.808. The van der Waals surface area contributed by atoms with Gasteiger partial charge in [-0.15, -0.1) is 11.3 Å². The highest BCUT2D eigenvalue weighted by molar-refractivity contribution is 7.10. The first-order chi connectivity index (χ1) is 9.83. The van der Waals surface area contributed by atoms with Crippen molar-refractivity contribution in [1.82, 2.24) is 4.90 Å². The van der Waals surface area contributed by atoms with E-state index in [0.717, 1.165) is 25.2 Å². The second-order valence-corrected chi connectivity index (χ2v) is 6.91. The highest BCUT2D eigenvalue weighted by atomic mass is 32.1. The molecule has 2 N–H and O–H groups in total. The van der Waals surface area contributed by atoms with E-state index >= 15 is 0 Å². The van der Waals surface area contributed by atoms with E-state index in [1.165, 1.54) is 30.4 Å². The summed E-state index contributed by atoms with van der Waals surface area (Å²) in [4.78, 5) is 4.25. The summed E-state index contributed by atoms with van der Waals surface area (Å²) in [6.45, 7) is 2.18. The van der Waals surface area contributed by atoms with E-state index in [9.17, 15) is 0 Å². The number of fused-ring (bicyclic) bond motifs is 2. The van der Waals surface area contributed by atoms with Crippen molar-refractivity contribution in [2.24, 2.45) is 0 Å². The first kappa shape index (κ1) is 12.4. The van der Waals surface area contributed by atoms with Crippen molar-refractivity contribution in [3.8, 4) is 0 Å². The van der Waals surface area contributed by atoms with Crippen LogP contribution in [-0.2, 0) is 19.4 Å². The van der Waals surface area contributed by atoms with Gasteiger partial charge in [0.05, 0.1) is 0 Å². The number of nitrogen functional groups attached to an aromatic ring is 1. The number of nitrogens with two attached hydrogens (primary N) is 1. The molecule has 104 valence electrons. The molecule has 1 aromatic heterocycles. The van der Waals surface area contributed by atoms with Gasteiger partial charge in [-0.25, -0.2) is 0 Å². The fourth-order valence-electron chi connectivity index (χ4n) is 3.74. The highest BCUT2D eigenvalue weighted by Crippen LogP contribution is 2.39. The normalized spacial score (nSPS) is 22.3. The summed E-state index contributed by atoms with van der Waals surface area (Å²) >= 11 is 1.93. The van der Waals surface area contributed by atoms with Crippen LogP contribution in [0.5, 0.6) is 0 Å². The second-order valence-electron chi connectivity index (χ2n) is 5.91. The minimum atomic E-state index is 0.609. The van der Waals surface area contributed by atoms with Gasteiger partial charge in [0.25, 0.3) is 0 Å². The molecular weight excluding hydrogens is 264 g/mol. The molecular formula is C17H20N2S. The molecule has 1 aliphatic carbocycles. The molecule has 0 saturated heterocycles. The number of hydrogen-bond donors (Lipinski definition) is 1. The molecule has 1 atom stereocenters. The lowest BCUT2D eigenvalue weighted by atomic mass is 9.89. The van der Waals surface area contributed by atoms with Gasteiger partial charge in [0.1, 0.15) is 0 Å². The molecule has 0 spiro atoms. The molecule has 2 aliphatic rings. The first-order valence-corrected chi connectivity index (χ1v) is 8.37. The third-order valence-electron chi connectivity index (χ3n) is 4.80. The number of rotatable bonds is 1. The van der Waals surface area contributed by atoms with Crippen LogP contribution in [0.15, 0.2) is 29.6 Å². The fourth-order valence-corrected chi connectivity index (χ4v) is 4.72. The zero-order valence-corrected chi connectivity index (χ0v) is 12.5. The number of benzene rings is 1. The lowest BCUT2D eigenvalue weighted by Gasteiger charge is -2.38. The molecule has 1 aromatic carbocycles. The van der Waals surface area contributed by atoms with Crippen LogP contribution < -0.4 is 5.73 Å². The summed E-state index contributed by atoms with van der Waals surface area (Å²) in [5.41, 5.74) is 11.5. The van der Waals surface area contributed by atoms with E-state index < -0.39 is 0 Å². The van der Waals surface area contributed by atoms with E-state index in [4.69, 9.17) is 5.73 Å². The molecule has 0 saturated carbocycles. The van der Waals surface area contributed by atoms with Crippen LogP contribution in [0.1, 0.15) is 40.5 Å². The Hall–Kier alpha value is -1.32. The van der Waals surface area contributed by atoms with Gasteiger partial charge in [-0.05, 0) is 59.9 Å². The topological polar surface area (TPSA) is 29.3 Å². The summed E-state index contributed by atoms with van der Waals surface area (Å²) in [6, 6.07) is 9.31. The van der Waals surface area contributed by atoms with Gasteiger partial charge in [0.15, 0.2) is 0 Å². The Morgan fingerprint density at radius 1 is 1.20 bits per heavy atom. The molecule has 4 rings (SSSR count). The van der Waals surface area contributed by atoms with Crippen LogP contribution in [0, 0.1) is 0 Å². The number of nitrogens with zero attached hydrogens (tertiary/aromatic N) is 1. The van der Waals surface area contributed by atoms with E-state index in [0.29, 0.717) is 6.04 Å². The van der Waals surface area contributed by atoms with Gasteiger partial charge in [-0.1, -0.05) is 12.1 Å². The van der Waals surface area contributed by atoms with Gasteiger partial charge >= 0.3 is 0 Å². The maximum Gasteiger partial charge on any atom is 0.0362 e. The molecule has 0 radical (unpaired) electrons. The molecule has 2 heterocycles. The smallest absolute Gasteiger partial charge is 0.0362 e. The number of anilines is 1. The third kappa shape index (κ3) is 1.97. The summed E-state index contributed by atoms with van der Waals surface area (Å²) in [6.07, 6.45) is 5.03. The Morgan fingerprint density at radius 3 is 3.10 bits per heavy atom. The van der Waals surface area contributed by atoms with E-state index in [-0.39, 0.29) is 0 Å². The fraction of sp³-hybridized carbons (Fsp3) is 0.412. The molecule has 20 heavy (non-hydrogen) atoms. The first-order valence-electron chi connectivity index (χ1n) is 7.49. The van der Waals surface area contributed by atoms with Gasteiger partial charge in [-0.2, -0.15) is 0 Å². The van der Waals surface area contributed by atoms with Gasteiger partial charge in [0, 0.05) is 29.7 Å². The van der Waals surface area contributed by atoms with Crippen molar-refractivity contribution in [1.29, 1.82) is 0 Å². The van der Waals surface area contributed by atoms with Crippen LogP contribution in [0.4, 0.5) is 5.69 Å². The summed E-state index contributed by atoms with van der Waals surface area (Å²) < 4.78 is 0. The molecule has 0 fully saturated rings. The average molecular weight is 284 g/mol. The van der Waals surface area contributed by atoms with Crippen LogP contribution >= 0.6 is 11.3 Å². The Bertz CT molecular complexity index is 632. The average Bonchev–Trinajstić information content (AvgIpc) is 2.96. The Morgan fingerprint density at radius 2 is 2.15 bits per heavy atom. The zero-order chi connectivity index (χ0) is 13.5. The van der Waals surface area contributed by atoms with Crippen LogP contribution in [-0.4, -0.2) is 11.4 Å². The van der Waals surface area contributed by atoms with Crippen molar-refractivity contribution >= 4 is 17.0 Å². The van der Waals surface area contributed by atoms with E-state index in [1.807, 2.05) is 17.4 Å². The van der Waals surface area contributed by atoms with Crippen LogP contribution in [0.25, 0.3) is 0 Å². The summed E-state index contributed by atoms with van der Waals surface area (Å²) in [7, 11) is 0. The maximum absolute atomic E-state index is 6.18. The monoisotopic (exact) mass is 284 g/mol.